The first-order chi connectivity index (χ1) is 15.2. The molecule has 7 nitrogen and oxygen atoms in total. The molecule has 0 radical (unpaired) electrons. The molecule has 0 saturated carbocycles. The van der Waals surface area contributed by atoms with Crippen LogP contribution in [0.1, 0.15) is 24.5 Å². The molecule has 2 aromatic carbocycles. The minimum atomic E-state index is 0.323. The van der Waals surface area contributed by atoms with Gasteiger partial charge >= 0.3 is 0 Å². The molecule has 1 saturated heterocycles. The normalized spacial score (nSPS) is 17.1. The van der Waals surface area contributed by atoms with Crippen LogP contribution in [-0.2, 0) is 6.54 Å². The average Bonchev–Trinajstić information content (AvgIpc) is 3.27. The third kappa shape index (κ3) is 5.89. The molecule has 2 aliphatic heterocycles. The average molecular weight is 425 g/mol. The highest BCUT2D eigenvalue weighted by Crippen LogP contribution is 2.32. The van der Waals surface area contributed by atoms with Crippen LogP contribution in [0.5, 0.6) is 17.2 Å². The lowest BCUT2D eigenvalue weighted by molar-refractivity contribution is 0.130. The number of fused-ring (bicyclic) bond motifs is 1. The van der Waals surface area contributed by atoms with E-state index < -0.39 is 0 Å². The number of aliphatic imine (C=N–C) groups is 1. The molecule has 166 valence electrons. The Bertz CT molecular complexity index is 877. The van der Waals surface area contributed by atoms with Gasteiger partial charge in [0.25, 0.3) is 0 Å². The number of piperazine rings is 1. The zero-order chi connectivity index (χ0) is 21.5. The molecule has 0 atom stereocenters. The maximum atomic E-state index is 6.17. The number of amidine groups is 1. The molecule has 4 rings (SSSR count). The SMILES string of the molecule is CCCOc1ccc(C(N)=NCCN2CCN(Cc3ccc4c(c3)OCO4)CC2)cc1. The van der Waals surface area contributed by atoms with E-state index >= 15 is 0 Å². The van der Waals surface area contributed by atoms with Crippen LogP contribution >= 0.6 is 0 Å². The number of hydrogen-bond donors (Lipinski definition) is 1. The number of nitrogens with two attached hydrogens (primary N) is 1. The lowest BCUT2D eigenvalue weighted by atomic mass is 10.1. The van der Waals surface area contributed by atoms with Gasteiger partial charge in [0.2, 0.25) is 6.79 Å². The van der Waals surface area contributed by atoms with Crippen molar-refractivity contribution in [2.75, 3.05) is 52.7 Å². The van der Waals surface area contributed by atoms with Crippen LogP contribution in [0.4, 0.5) is 0 Å². The monoisotopic (exact) mass is 424 g/mol. The number of rotatable bonds is 9. The predicted molar refractivity (Wildman–Crippen MR) is 122 cm³/mol. The second-order valence-electron chi connectivity index (χ2n) is 7.95. The van der Waals surface area contributed by atoms with E-state index in [-0.39, 0.29) is 0 Å². The van der Waals surface area contributed by atoms with E-state index in [1.54, 1.807) is 0 Å². The molecule has 2 aromatic rings. The van der Waals surface area contributed by atoms with E-state index in [2.05, 4.69) is 33.8 Å². The van der Waals surface area contributed by atoms with Gasteiger partial charge in [0.15, 0.2) is 11.5 Å². The smallest absolute Gasteiger partial charge is 0.231 e. The number of benzene rings is 2. The third-order valence-corrected chi connectivity index (χ3v) is 5.63. The summed E-state index contributed by atoms with van der Waals surface area (Å²) in [6, 6.07) is 14.1. The summed E-state index contributed by atoms with van der Waals surface area (Å²) in [5.74, 6) is 3.16. The number of hydrogen-bond acceptors (Lipinski definition) is 6. The molecule has 0 bridgehead atoms. The van der Waals surface area contributed by atoms with Crippen molar-refractivity contribution >= 4 is 5.84 Å². The zero-order valence-corrected chi connectivity index (χ0v) is 18.3. The lowest BCUT2D eigenvalue weighted by Crippen LogP contribution is -2.46. The van der Waals surface area contributed by atoms with E-state index in [9.17, 15) is 0 Å². The minimum Gasteiger partial charge on any atom is -0.494 e. The van der Waals surface area contributed by atoms with Gasteiger partial charge in [-0.05, 0) is 48.4 Å². The highest BCUT2D eigenvalue weighted by molar-refractivity contribution is 5.97. The van der Waals surface area contributed by atoms with Crippen LogP contribution in [0.15, 0.2) is 47.5 Å². The van der Waals surface area contributed by atoms with Crippen LogP contribution in [0.2, 0.25) is 0 Å². The van der Waals surface area contributed by atoms with Crippen molar-refractivity contribution in [1.82, 2.24) is 9.80 Å². The van der Waals surface area contributed by atoms with Crippen molar-refractivity contribution in [2.45, 2.75) is 19.9 Å². The first kappa shape index (κ1) is 21.5. The standard InChI is InChI=1S/C24H32N4O3/c1-2-15-29-21-6-4-20(5-7-21)24(25)26-9-10-27-11-13-28(14-12-27)17-19-3-8-22-23(16-19)31-18-30-22/h3-8,16H,2,9-15,17-18H2,1H3,(H2,25,26). The van der Waals surface area contributed by atoms with E-state index in [1.807, 2.05) is 30.3 Å². The molecule has 1 fully saturated rings. The molecule has 0 aliphatic carbocycles. The van der Waals surface area contributed by atoms with Crippen LogP contribution < -0.4 is 19.9 Å². The van der Waals surface area contributed by atoms with E-state index in [1.165, 1.54) is 5.56 Å². The van der Waals surface area contributed by atoms with Gasteiger partial charge in [0, 0.05) is 44.8 Å². The Labute approximate surface area is 184 Å². The van der Waals surface area contributed by atoms with Crippen LogP contribution in [0.3, 0.4) is 0 Å². The predicted octanol–water partition coefficient (Wildman–Crippen LogP) is 2.73. The third-order valence-electron chi connectivity index (χ3n) is 5.63. The summed E-state index contributed by atoms with van der Waals surface area (Å²) < 4.78 is 16.5. The fourth-order valence-electron chi connectivity index (χ4n) is 3.81. The Kier molecular flexibility index (Phi) is 7.27. The molecule has 0 spiro atoms. The van der Waals surface area contributed by atoms with Gasteiger partial charge in [-0.1, -0.05) is 13.0 Å². The molecule has 2 aliphatic rings. The Balaban J connectivity index is 1.18. The molecule has 31 heavy (non-hydrogen) atoms. The van der Waals surface area contributed by atoms with Crippen molar-refractivity contribution in [3.63, 3.8) is 0 Å². The second kappa shape index (κ2) is 10.5. The molecule has 0 aromatic heterocycles. The van der Waals surface area contributed by atoms with Gasteiger partial charge in [-0.3, -0.25) is 14.8 Å². The molecule has 0 unspecified atom stereocenters. The van der Waals surface area contributed by atoms with Crippen molar-refractivity contribution < 1.29 is 14.2 Å². The summed E-state index contributed by atoms with van der Waals surface area (Å²) in [6.07, 6.45) is 0.998. The van der Waals surface area contributed by atoms with E-state index in [0.29, 0.717) is 19.2 Å². The number of nitrogens with zero attached hydrogens (tertiary/aromatic N) is 3. The van der Waals surface area contributed by atoms with Crippen molar-refractivity contribution in [2.24, 2.45) is 10.7 Å². The molecular formula is C24H32N4O3. The molecular weight excluding hydrogens is 392 g/mol. The largest absolute Gasteiger partial charge is 0.494 e. The van der Waals surface area contributed by atoms with Gasteiger partial charge in [-0.25, -0.2) is 0 Å². The summed E-state index contributed by atoms with van der Waals surface area (Å²) in [5, 5.41) is 0. The van der Waals surface area contributed by atoms with Crippen LogP contribution in [0.25, 0.3) is 0 Å². The summed E-state index contributed by atoms with van der Waals surface area (Å²) in [4.78, 5) is 9.51. The van der Waals surface area contributed by atoms with Crippen LogP contribution in [0, 0.1) is 0 Å². The lowest BCUT2D eigenvalue weighted by Gasteiger charge is -2.34. The highest BCUT2D eigenvalue weighted by atomic mass is 16.7. The van der Waals surface area contributed by atoms with Gasteiger partial charge in [0.1, 0.15) is 11.6 Å². The quantitative estimate of drug-likeness (QED) is 0.493. The maximum absolute atomic E-state index is 6.17. The first-order valence-corrected chi connectivity index (χ1v) is 11.1. The minimum absolute atomic E-state index is 0.323. The first-order valence-electron chi connectivity index (χ1n) is 11.1. The van der Waals surface area contributed by atoms with Crippen LogP contribution in [-0.4, -0.2) is 68.3 Å². The topological polar surface area (TPSA) is 72.6 Å². The van der Waals surface area contributed by atoms with E-state index in [0.717, 1.165) is 75.1 Å². The molecule has 7 heteroatoms. The van der Waals surface area contributed by atoms with Gasteiger partial charge in [-0.15, -0.1) is 0 Å². The Hall–Kier alpha value is -2.77. The Morgan fingerprint density at radius 3 is 2.52 bits per heavy atom. The second-order valence-corrected chi connectivity index (χ2v) is 7.95. The Morgan fingerprint density at radius 1 is 1.00 bits per heavy atom. The van der Waals surface area contributed by atoms with Gasteiger partial charge < -0.3 is 19.9 Å². The summed E-state index contributed by atoms with van der Waals surface area (Å²) in [6.45, 7) is 9.91. The van der Waals surface area contributed by atoms with Crippen molar-refractivity contribution in [1.29, 1.82) is 0 Å². The van der Waals surface area contributed by atoms with E-state index in [4.69, 9.17) is 19.9 Å². The highest BCUT2D eigenvalue weighted by Gasteiger charge is 2.18. The van der Waals surface area contributed by atoms with Gasteiger partial charge in [-0.2, -0.15) is 0 Å². The Morgan fingerprint density at radius 2 is 1.74 bits per heavy atom. The molecule has 2 heterocycles. The molecule has 2 N–H and O–H groups in total. The summed E-state index contributed by atoms with van der Waals surface area (Å²) in [7, 11) is 0. The van der Waals surface area contributed by atoms with Crippen molar-refractivity contribution in [3.8, 4) is 17.2 Å². The fraction of sp³-hybridized carbons (Fsp3) is 0.458. The fourth-order valence-corrected chi connectivity index (χ4v) is 3.81. The number of ether oxygens (including phenoxy) is 3. The maximum Gasteiger partial charge on any atom is 0.231 e. The summed E-state index contributed by atoms with van der Waals surface area (Å²) >= 11 is 0. The zero-order valence-electron chi connectivity index (χ0n) is 18.3. The van der Waals surface area contributed by atoms with Gasteiger partial charge in [0.05, 0.1) is 13.2 Å². The van der Waals surface area contributed by atoms with Crippen molar-refractivity contribution in [3.05, 3.63) is 53.6 Å². The molecule has 0 amide bonds. The summed E-state index contributed by atoms with van der Waals surface area (Å²) in [5.41, 5.74) is 8.38.